The summed E-state index contributed by atoms with van der Waals surface area (Å²) in [6.07, 6.45) is 0.729. The Kier molecular flexibility index (Phi) is 6.01. The number of halogens is 1. The van der Waals surface area contributed by atoms with Crippen molar-refractivity contribution in [2.45, 2.75) is 32.7 Å². The van der Waals surface area contributed by atoms with Crippen LogP contribution in [-0.4, -0.2) is 40.6 Å². The van der Waals surface area contributed by atoms with Crippen LogP contribution >= 0.6 is 27.3 Å². The molecule has 0 bridgehead atoms. The minimum atomic E-state index is -1.02. The quantitative estimate of drug-likeness (QED) is 0.845. The lowest BCUT2D eigenvalue weighted by molar-refractivity contribution is -0.138. The molecule has 0 spiro atoms. The molecule has 7 heteroatoms. The van der Waals surface area contributed by atoms with E-state index in [9.17, 15) is 9.59 Å². The van der Waals surface area contributed by atoms with Crippen molar-refractivity contribution in [2.75, 3.05) is 13.1 Å². The first-order chi connectivity index (χ1) is 9.20. The summed E-state index contributed by atoms with van der Waals surface area (Å²) in [6.45, 7) is 5.61. The summed E-state index contributed by atoms with van der Waals surface area (Å²) >= 11 is 5.01. The minimum absolute atomic E-state index is 0.306. The van der Waals surface area contributed by atoms with Crippen LogP contribution in [0.4, 0.5) is 4.79 Å². The van der Waals surface area contributed by atoms with Crippen LogP contribution in [0.3, 0.4) is 0 Å². The summed E-state index contributed by atoms with van der Waals surface area (Å²) in [7, 11) is 0. The zero-order chi connectivity index (χ0) is 15.3. The molecule has 0 saturated heterocycles. The minimum Gasteiger partial charge on any atom is -0.480 e. The number of carbonyl (C=O) groups is 2. The highest BCUT2D eigenvalue weighted by Crippen LogP contribution is 2.22. The molecule has 0 unspecified atom stereocenters. The molecule has 1 heterocycles. The first-order valence-electron chi connectivity index (χ1n) is 6.21. The molecule has 2 amide bonds. The van der Waals surface area contributed by atoms with Gasteiger partial charge >= 0.3 is 12.0 Å². The van der Waals surface area contributed by atoms with Crippen LogP contribution in [0.1, 0.15) is 25.6 Å². The third kappa shape index (κ3) is 5.50. The number of urea groups is 1. The van der Waals surface area contributed by atoms with Gasteiger partial charge in [-0.05, 0) is 55.3 Å². The van der Waals surface area contributed by atoms with Gasteiger partial charge < -0.3 is 15.3 Å². The Labute approximate surface area is 131 Å². The van der Waals surface area contributed by atoms with Crippen molar-refractivity contribution in [3.63, 3.8) is 0 Å². The summed E-state index contributed by atoms with van der Waals surface area (Å²) in [5.74, 6) is -1.02. The summed E-state index contributed by atoms with van der Waals surface area (Å²) in [6, 6.07) is 3.61. The van der Waals surface area contributed by atoms with E-state index in [1.54, 1.807) is 11.3 Å². The highest BCUT2D eigenvalue weighted by atomic mass is 79.9. The normalized spacial score (nSPS) is 11.2. The maximum Gasteiger partial charge on any atom is 0.323 e. The van der Waals surface area contributed by atoms with E-state index in [2.05, 4.69) is 21.2 Å². The van der Waals surface area contributed by atoms with Gasteiger partial charge in [-0.3, -0.25) is 4.79 Å². The van der Waals surface area contributed by atoms with Crippen LogP contribution in [0, 0.1) is 0 Å². The number of carboxylic acids is 1. The fraction of sp³-hybridized carbons (Fsp3) is 0.538. The molecule has 1 rings (SSSR count). The summed E-state index contributed by atoms with van der Waals surface area (Å²) in [5, 5.41) is 11.6. The van der Waals surface area contributed by atoms with Gasteiger partial charge in [0.25, 0.3) is 0 Å². The lowest BCUT2D eigenvalue weighted by Gasteiger charge is -2.34. The fourth-order valence-corrected chi connectivity index (χ4v) is 3.11. The van der Waals surface area contributed by atoms with E-state index in [1.807, 2.05) is 32.9 Å². The molecule has 0 saturated carbocycles. The topological polar surface area (TPSA) is 69.6 Å². The molecule has 0 radical (unpaired) electrons. The van der Waals surface area contributed by atoms with E-state index in [1.165, 1.54) is 4.90 Å². The first-order valence-corrected chi connectivity index (χ1v) is 7.82. The molecule has 1 aromatic rings. The van der Waals surface area contributed by atoms with Crippen LogP contribution < -0.4 is 5.32 Å². The fourth-order valence-electron chi connectivity index (χ4n) is 1.62. The van der Waals surface area contributed by atoms with E-state index in [-0.39, 0.29) is 12.6 Å². The van der Waals surface area contributed by atoms with E-state index in [0.29, 0.717) is 6.54 Å². The second-order valence-corrected chi connectivity index (χ2v) is 7.89. The van der Waals surface area contributed by atoms with Crippen molar-refractivity contribution >= 4 is 39.3 Å². The van der Waals surface area contributed by atoms with Gasteiger partial charge in [0.05, 0.1) is 3.79 Å². The SMILES string of the molecule is CC(C)(C)N(CC(=O)O)C(=O)NCCc1ccc(Br)s1. The lowest BCUT2D eigenvalue weighted by Crippen LogP contribution is -2.52. The second kappa shape index (κ2) is 7.08. The molecule has 2 N–H and O–H groups in total. The summed E-state index contributed by atoms with van der Waals surface area (Å²) in [4.78, 5) is 25.4. The van der Waals surface area contributed by atoms with Crippen LogP contribution in [-0.2, 0) is 11.2 Å². The van der Waals surface area contributed by atoms with Crippen LogP contribution in [0.2, 0.25) is 0 Å². The Morgan fingerprint density at radius 1 is 1.40 bits per heavy atom. The van der Waals surface area contributed by atoms with Crippen molar-refractivity contribution in [3.8, 4) is 0 Å². The molecular weight excluding hydrogens is 344 g/mol. The molecule has 20 heavy (non-hydrogen) atoms. The average Bonchev–Trinajstić information content (AvgIpc) is 2.70. The van der Waals surface area contributed by atoms with Crippen molar-refractivity contribution in [1.82, 2.24) is 10.2 Å². The van der Waals surface area contributed by atoms with Crippen molar-refractivity contribution in [1.29, 1.82) is 0 Å². The Morgan fingerprint density at radius 3 is 2.50 bits per heavy atom. The van der Waals surface area contributed by atoms with E-state index >= 15 is 0 Å². The Hall–Kier alpha value is -1.08. The number of carbonyl (C=O) groups excluding carboxylic acids is 1. The number of carboxylic acid groups (broad SMARTS) is 1. The number of rotatable bonds is 5. The molecule has 5 nitrogen and oxygen atoms in total. The first kappa shape index (κ1) is 17.0. The van der Waals surface area contributed by atoms with E-state index < -0.39 is 11.5 Å². The number of hydrogen-bond acceptors (Lipinski definition) is 3. The predicted octanol–water partition coefficient (Wildman–Crippen LogP) is 2.95. The third-order valence-electron chi connectivity index (χ3n) is 2.62. The van der Waals surface area contributed by atoms with Gasteiger partial charge in [0.1, 0.15) is 6.54 Å². The predicted molar refractivity (Wildman–Crippen MR) is 83.2 cm³/mol. The number of hydrogen-bond donors (Lipinski definition) is 2. The van der Waals surface area contributed by atoms with Gasteiger partial charge in [0, 0.05) is 17.0 Å². The highest BCUT2D eigenvalue weighted by Gasteiger charge is 2.28. The molecule has 0 aliphatic rings. The molecule has 0 aliphatic carbocycles. The van der Waals surface area contributed by atoms with Crippen LogP contribution in [0.5, 0.6) is 0 Å². The van der Waals surface area contributed by atoms with Gasteiger partial charge in [-0.2, -0.15) is 0 Å². The highest BCUT2D eigenvalue weighted by molar-refractivity contribution is 9.11. The van der Waals surface area contributed by atoms with Crippen LogP contribution in [0.15, 0.2) is 15.9 Å². The zero-order valence-corrected chi connectivity index (χ0v) is 14.2. The average molecular weight is 363 g/mol. The lowest BCUT2D eigenvalue weighted by atomic mass is 10.1. The smallest absolute Gasteiger partial charge is 0.323 e. The third-order valence-corrected chi connectivity index (χ3v) is 4.31. The zero-order valence-electron chi connectivity index (χ0n) is 11.8. The van der Waals surface area contributed by atoms with E-state index in [0.717, 1.165) is 15.1 Å². The monoisotopic (exact) mass is 362 g/mol. The summed E-state index contributed by atoms with van der Waals surface area (Å²) in [5.41, 5.74) is -0.533. The van der Waals surface area contributed by atoms with Gasteiger partial charge in [0.15, 0.2) is 0 Å². The van der Waals surface area contributed by atoms with Crippen molar-refractivity contribution < 1.29 is 14.7 Å². The number of thiophene rings is 1. The number of nitrogens with one attached hydrogen (secondary N) is 1. The maximum atomic E-state index is 12.1. The molecule has 1 aromatic heterocycles. The maximum absolute atomic E-state index is 12.1. The molecular formula is C13H19BrN2O3S. The summed E-state index contributed by atoms with van der Waals surface area (Å²) < 4.78 is 1.06. The van der Waals surface area contributed by atoms with Crippen LogP contribution in [0.25, 0.3) is 0 Å². The van der Waals surface area contributed by atoms with Crippen molar-refractivity contribution in [3.05, 3.63) is 20.8 Å². The van der Waals surface area contributed by atoms with E-state index in [4.69, 9.17) is 5.11 Å². The van der Waals surface area contributed by atoms with Gasteiger partial charge in [-0.15, -0.1) is 11.3 Å². The Balaban J connectivity index is 2.52. The largest absolute Gasteiger partial charge is 0.480 e. The number of aliphatic carboxylic acids is 1. The standard InChI is InChI=1S/C13H19BrN2O3S/c1-13(2,3)16(8-11(17)18)12(19)15-7-6-9-4-5-10(14)20-9/h4-5H,6-8H2,1-3H3,(H,15,19)(H,17,18). The Morgan fingerprint density at radius 2 is 2.05 bits per heavy atom. The van der Waals surface area contributed by atoms with Gasteiger partial charge in [-0.25, -0.2) is 4.79 Å². The molecule has 0 aromatic carbocycles. The number of nitrogens with zero attached hydrogens (tertiary/aromatic N) is 1. The molecule has 0 atom stereocenters. The molecule has 0 fully saturated rings. The van der Waals surface area contributed by atoms with Gasteiger partial charge in [0.2, 0.25) is 0 Å². The molecule has 0 aliphatic heterocycles. The van der Waals surface area contributed by atoms with Gasteiger partial charge in [-0.1, -0.05) is 0 Å². The van der Waals surface area contributed by atoms with Crippen molar-refractivity contribution in [2.24, 2.45) is 0 Å². The molecule has 112 valence electrons. The second-order valence-electron chi connectivity index (χ2n) is 5.34. The Bertz CT molecular complexity index is 482. The number of amides is 2.